The Morgan fingerprint density at radius 1 is 1.50 bits per heavy atom. The first-order valence-corrected chi connectivity index (χ1v) is 6.98. The van der Waals surface area contributed by atoms with Gasteiger partial charge in [0.25, 0.3) is 0 Å². The van der Waals surface area contributed by atoms with Gasteiger partial charge in [-0.15, -0.1) is 0 Å². The maximum atomic E-state index is 5.26. The summed E-state index contributed by atoms with van der Waals surface area (Å²) in [6, 6.07) is 0.602. The number of hydrogen-bond donors (Lipinski definition) is 1. The third kappa shape index (κ3) is 3.29. The van der Waals surface area contributed by atoms with Crippen molar-refractivity contribution in [3.63, 3.8) is 0 Å². The highest BCUT2D eigenvalue weighted by Crippen LogP contribution is 2.15. The Morgan fingerprint density at radius 3 is 2.89 bits per heavy atom. The smallest absolute Gasteiger partial charge is 0.229 e. The highest BCUT2D eigenvalue weighted by Gasteiger charge is 2.21. The molecular formula is C13H24N4O. The number of likely N-dealkylation sites (N-methyl/N-ethyl adjacent to an activating group) is 1. The number of nitrogens with zero attached hydrogens (tertiary/aromatic N) is 3. The summed E-state index contributed by atoms with van der Waals surface area (Å²) in [5.41, 5.74) is 0. The van der Waals surface area contributed by atoms with Gasteiger partial charge < -0.3 is 9.84 Å². The van der Waals surface area contributed by atoms with Crippen molar-refractivity contribution in [3.05, 3.63) is 11.7 Å². The lowest BCUT2D eigenvalue weighted by Crippen LogP contribution is -2.45. The predicted molar refractivity (Wildman–Crippen MR) is 70.4 cm³/mol. The highest BCUT2D eigenvalue weighted by molar-refractivity contribution is 4.92. The van der Waals surface area contributed by atoms with Gasteiger partial charge in [0.15, 0.2) is 5.82 Å². The van der Waals surface area contributed by atoms with E-state index in [9.17, 15) is 0 Å². The Labute approximate surface area is 109 Å². The van der Waals surface area contributed by atoms with Gasteiger partial charge in [0.1, 0.15) is 0 Å². The minimum Gasteiger partial charge on any atom is -0.339 e. The predicted octanol–water partition coefficient (Wildman–Crippen LogP) is 1.77. The lowest BCUT2D eigenvalue weighted by Gasteiger charge is -2.32. The van der Waals surface area contributed by atoms with Gasteiger partial charge in [-0.2, -0.15) is 4.98 Å². The molecule has 0 amide bonds. The number of aromatic nitrogens is 2. The van der Waals surface area contributed by atoms with Crippen molar-refractivity contribution in [1.29, 1.82) is 0 Å². The van der Waals surface area contributed by atoms with E-state index in [1.807, 2.05) is 0 Å². The summed E-state index contributed by atoms with van der Waals surface area (Å²) in [5.74, 6) is 1.85. The molecule has 1 saturated heterocycles. The average Bonchev–Trinajstić information content (AvgIpc) is 2.86. The molecule has 0 bridgehead atoms. The molecule has 5 heteroatoms. The van der Waals surface area contributed by atoms with Gasteiger partial charge in [-0.1, -0.05) is 25.9 Å². The van der Waals surface area contributed by atoms with E-state index in [0.29, 0.717) is 12.0 Å². The first-order chi connectivity index (χ1) is 8.70. The Balaban J connectivity index is 1.95. The van der Waals surface area contributed by atoms with Crippen molar-refractivity contribution < 1.29 is 4.52 Å². The molecule has 5 nitrogen and oxygen atoms in total. The molecule has 1 aromatic rings. The van der Waals surface area contributed by atoms with E-state index in [1.54, 1.807) is 0 Å². The van der Waals surface area contributed by atoms with Crippen LogP contribution in [0.3, 0.4) is 0 Å². The third-order valence-electron chi connectivity index (χ3n) is 3.52. The summed E-state index contributed by atoms with van der Waals surface area (Å²) < 4.78 is 5.26. The SMILES string of the molecule is CCN(Cc1noc(C(C)C)n1)C1CCCNC1. The number of hydrogen-bond acceptors (Lipinski definition) is 5. The van der Waals surface area contributed by atoms with Crippen LogP contribution in [-0.2, 0) is 6.54 Å². The lowest BCUT2D eigenvalue weighted by atomic mass is 10.1. The van der Waals surface area contributed by atoms with Gasteiger partial charge >= 0.3 is 0 Å². The van der Waals surface area contributed by atoms with Gasteiger partial charge in [-0.3, -0.25) is 4.90 Å². The molecule has 18 heavy (non-hydrogen) atoms. The van der Waals surface area contributed by atoms with E-state index in [0.717, 1.165) is 37.9 Å². The fourth-order valence-corrected chi connectivity index (χ4v) is 2.39. The molecule has 0 spiro atoms. The van der Waals surface area contributed by atoms with Crippen LogP contribution in [0.2, 0.25) is 0 Å². The first kappa shape index (κ1) is 13.5. The molecule has 1 aliphatic heterocycles. The van der Waals surface area contributed by atoms with Gasteiger partial charge in [-0.05, 0) is 25.9 Å². The highest BCUT2D eigenvalue weighted by atomic mass is 16.5. The zero-order chi connectivity index (χ0) is 13.0. The molecule has 1 atom stereocenters. The van der Waals surface area contributed by atoms with Crippen molar-refractivity contribution in [3.8, 4) is 0 Å². The maximum Gasteiger partial charge on any atom is 0.229 e. The molecule has 1 N–H and O–H groups in total. The topological polar surface area (TPSA) is 54.2 Å². The van der Waals surface area contributed by atoms with Crippen LogP contribution in [0.15, 0.2) is 4.52 Å². The zero-order valence-electron chi connectivity index (χ0n) is 11.6. The second-order valence-corrected chi connectivity index (χ2v) is 5.27. The Hall–Kier alpha value is -0.940. The van der Waals surface area contributed by atoms with Gasteiger partial charge in [-0.25, -0.2) is 0 Å². The summed E-state index contributed by atoms with van der Waals surface area (Å²) in [5, 5.41) is 7.52. The van der Waals surface area contributed by atoms with Gasteiger partial charge in [0.05, 0.1) is 6.54 Å². The van der Waals surface area contributed by atoms with Crippen LogP contribution >= 0.6 is 0 Å². The Kier molecular flexibility index (Phi) is 4.72. The summed E-state index contributed by atoms with van der Waals surface area (Å²) in [4.78, 5) is 6.88. The van der Waals surface area contributed by atoms with Crippen molar-refractivity contribution in [1.82, 2.24) is 20.4 Å². The minimum absolute atomic E-state index is 0.303. The van der Waals surface area contributed by atoms with Crippen LogP contribution in [0.4, 0.5) is 0 Å². The molecule has 2 rings (SSSR count). The van der Waals surface area contributed by atoms with Crippen molar-refractivity contribution in [2.45, 2.75) is 52.1 Å². The van der Waals surface area contributed by atoms with Crippen molar-refractivity contribution in [2.75, 3.05) is 19.6 Å². The standard InChI is InChI=1S/C13H24N4O/c1-4-17(11-6-5-7-14-8-11)9-12-15-13(10(2)3)18-16-12/h10-11,14H,4-9H2,1-3H3. The van der Waals surface area contributed by atoms with Crippen LogP contribution in [0.1, 0.15) is 51.2 Å². The second-order valence-electron chi connectivity index (χ2n) is 5.27. The average molecular weight is 252 g/mol. The molecule has 0 saturated carbocycles. The van der Waals surface area contributed by atoms with Crippen LogP contribution in [0.25, 0.3) is 0 Å². The number of rotatable bonds is 5. The van der Waals surface area contributed by atoms with E-state index in [4.69, 9.17) is 4.52 Å². The fourth-order valence-electron chi connectivity index (χ4n) is 2.39. The second kappa shape index (κ2) is 6.29. The molecule has 102 valence electrons. The summed E-state index contributed by atoms with van der Waals surface area (Å²) >= 11 is 0. The Morgan fingerprint density at radius 2 is 2.33 bits per heavy atom. The monoisotopic (exact) mass is 252 g/mol. The zero-order valence-corrected chi connectivity index (χ0v) is 11.6. The summed E-state index contributed by atoms with van der Waals surface area (Å²) in [7, 11) is 0. The molecule has 1 aromatic heterocycles. The van der Waals surface area contributed by atoms with E-state index >= 15 is 0 Å². The maximum absolute atomic E-state index is 5.26. The molecule has 1 unspecified atom stereocenters. The van der Waals surface area contributed by atoms with Crippen LogP contribution in [0.5, 0.6) is 0 Å². The van der Waals surface area contributed by atoms with Crippen molar-refractivity contribution in [2.24, 2.45) is 0 Å². The van der Waals surface area contributed by atoms with Crippen LogP contribution in [0, 0.1) is 0 Å². The molecule has 0 aliphatic carbocycles. The molecule has 1 aliphatic rings. The van der Waals surface area contributed by atoms with Crippen LogP contribution in [-0.4, -0.2) is 40.7 Å². The largest absolute Gasteiger partial charge is 0.339 e. The van der Waals surface area contributed by atoms with Crippen LogP contribution < -0.4 is 5.32 Å². The molecule has 1 fully saturated rings. The van der Waals surface area contributed by atoms with E-state index in [2.05, 4.69) is 41.1 Å². The van der Waals surface area contributed by atoms with Gasteiger partial charge in [0, 0.05) is 18.5 Å². The summed E-state index contributed by atoms with van der Waals surface area (Å²) in [6.07, 6.45) is 2.51. The minimum atomic E-state index is 0.303. The normalized spacial score (nSPS) is 20.8. The van der Waals surface area contributed by atoms with Crippen molar-refractivity contribution >= 4 is 0 Å². The molecular weight excluding hydrogens is 228 g/mol. The van der Waals surface area contributed by atoms with Gasteiger partial charge in [0.2, 0.25) is 5.89 Å². The third-order valence-corrected chi connectivity index (χ3v) is 3.52. The molecule has 2 heterocycles. The van der Waals surface area contributed by atoms with E-state index in [1.165, 1.54) is 12.8 Å². The van der Waals surface area contributed by atoms with E-state index in [-0.39, 0.29) is 0 Å². The molecule has 0 aromatic carbocycles. The van der Waals surface area contributed by atoms with E-state index < -0.39 is 0 Å². The fraction of sp³-hybridized carbons (Fsp3) is 0.846. The molecule has 0 radical (unpaired) electrons. The number of nitrogens with one attached hydrogen (secondary N) is 1. The number of piperidine rings is 1. The first-order valence-electron chi connectivity index (χ1n) is 6.98. The quantitative estimate of drug-likeness (QED) is 0.865. The summed E-state index contributed by atoms with van der Waals surface area (Å²) in [6.45, 7) is 10.4. The lowest BCUT2D eigenvalue weighted by molar-refractivity contribution is 0.160. The Bertz CT molecular complexity index is 358.